The molecule has 0 radical (unpaired) electrons. The van der Waals surface area contributed by atoms with Crippen molar-refractivity contribution in [3.05, 3.63) is 0 Å². The van der Waals surface area contributed by atoms with Crippen LogP contribution in [-0.4, -0.2) is 19.0 Å². The molecular weight excluding hydrogens is 260 g/mol. The smallest absolute Gasteiger partial charge is 0.166 e. The van der Waals surface area contributed by atoms with Crippen molar-refractivity contribution < 1.29 is 9.47 Å². The molecule has 0 aromatic rings. The third kappa shape index (κ3) is 2.20. The normalized spacial score (nSPS) is 50.7. The Morgan fingerprint density at radius 1 is 0.857 bits per heavy atom. The van der Waals surface area contributed by atoms with Crippen LogP contribution in [0.15, 0.2) is 0 Å². The zero-order valence-electron chi connectivity index (χ0n) is 14.0. The maximum atomic E-state index is 5.89. The van der Waals surface area contributed by atoms with Gasteiger partial charge in [-0.15, -0.1) is 0 Å². The van der Waals surface area contributed by atoms with Gasteiger partial charge in [0.25, 0.3) is 0 Å². The highest BCUT2D eigenvalue weighted by Gasteiger charge is 2.60. The van der Waals surface area contributed by atoms with E-state index in [1.54, 1.807) is 0 Å². The summed E-state index contributed by atoms with van der Waals surface area (Å²) in [6, 6.07) is 0. The van der Waals surface area contributed by atoms with Crippen molar-refractivity contribution in [2.45, 2.75) is 65.1 Å². The van der Waals surface area contributed by atoms with Crippen LogP contribution in [0.1, 0.15) is 59.3 Å². The predicted octanol–water partition coefficient (Wildman–Crippen LogP) is 4.48. The minimum atomic E-state index is -0.269. The Hall–Kier alpha value is -0.0800. The molecule has 7 unspecified atom stereocenters. The highest BCUT2D eigenvalue weighted by atomic mass is 16.7. The molecule has 2 nitrogen and oxygen atoms in total. The zero-order valence-corrected chi connectivity index (χ0v) is 14.0. The van der Waals surface area contributed by atoms with E-state index in [9.17, 15) is 0 Å². The standard InChI is InChI=1S/C19H32O2/c1-4-12-8-13(5-2)18-16-10-14(17(12)18)9-15(16)11-19(3)20-6-7-21-19/h12-18H,4-11H2,1-3H3. The van der Waals surface area contributed by atoms with Crippen LogP contribution in [0.2, 0.25) is 0 Å². The second-order valence-corrected chi connectivity index (χ2v) is 8.42. The first-order valence-electron chi connectivity index (χ1n) is 9.43. The molecule has 1 saturated heterocycles. The van der Waals surface area contributed by atoms with Gasteiger partial charge in [0.1, 0.15) is 0 Å². The summed E-state index contributed by atoms with van der Waals surface area (Å²) in [6.07, 6.45) is 8.45. The Labute approximate surface area is 130 Å². The van der Waals surface area contributed by atoms with E-state index in [1.807, 2.05) is 0 Å². The van der Waals surface area contributed by atoms with Crippen LogP contribution in [0.3, 0.4) is 0 Å². The summed E-state index contributed by atoms with van der Waals surface area (Å²) in [4.78, 5) is 0. The molecule has 2 bridgehead atoms. The average Bonchev–Trinajstić information content (AvgIpc) is 3.19. The average molecular weight is 292 g/mol. The van der Waals surface area contributed by atoms with E-state index >= 15 is 0 Å². The van der Waals surface area contributed by atoms with E-state index in [0.717, 1.165) is 61.1 Å². The molecule has 0 spiro atoms. The number of ether oxygens (including phenoxy) is 2. The molecule has 0 aromatic carbocycles. The van der Waals surface area contributed by atoms with Crippen LogP contribution in [0.25, 0.3) is 0 Å². The van der Waals surface area contributed by atoms with Gasteiger partial charge in [0.15, 0.2) is 5.79 Å². The van der Waals surface area contributed by atoms with E-state index < -0.39 is 0 Å². The van der Waals surface area contributed by atoms with E-state index in [0.29, 0.717) is 0 Å². The van der Waals surface area contributed by atoms with Gasteiger partial charge in [0.2, 0.25) is 0 Å². The van der Waals surface area contributed by atoms with Crippen LogP contribution >= 0.6 is 0 Å². The van der Waals surface area contributed by atoms with Gasteiger partial charge in [0.05, 0.1) is 13.2 Å². The van der Waals surface area contributed by atoms with E-state index in [1.165, 1.54) is 32.1 Å². The molecule has 3 aliphatic carbocycles. The second-order valence-electron chi connectivity index (χ2n) is 8.42. The number of hydrogen-bond donors (Lipinski definition) is 0. The molecule has 3 saturated carbocycles. The van der Waals surface area contributed by atoms with Crippen LogP contribution in [0.5, 0.6) is 0 Å². The summed E-state index contributed by atoms with van der Waals surface area (Å²) in [5.74, 6) is 6.75. The maximum absolute atomic E-state index is 5.89. The van der Waals surface area contributed by atoms with Crippen molar-refractivity contribution in [2.24, 2.45) is 41.4 Å². The maximum Gasteiger partial charge on any atom is 0.166 e. The van der Waals surface area contributed by atoms with Crippen LogP contribution in [0.4, 0.5) is 0 Å². The third-order valence-corrected chi connectivity index (χ3v) is 7.54. The molecule has 2 heteroatoms. The van der Waals surface area contributed by atoms with Gasteiger partial charge in [0, 0.05) is 6.42 Å². The number of fused-ring (bicyclic) bond motifs is 5. The van der Waals surface area contributed by atoms with Gasteiger partial charge in [-0.1, -0.05) is 26.7 Å². The minimum Gasteiger partial charge on any atom is -0.348 e. The molecule has 0 amide bonds. The summed E-state index contributed by atoms with van der Waals surface area (Å²) in [5.41, 5.74) is 0. The SMILES string of the molecule is CCC1CC(CC)C2C3CC(CC3CC3(C)OCCO3)C12. The highest BCUT2D eigenvalue weighted by molar-refractivity contribution is 5.08. The molecule has 1 aliphatic heterocycles. The van der Waals surface area contributed by atoms with E-state index in [4.69, 9.17) is 9.47 Å². The van der Waals surface area contributed by atoms with Crippen LogP contribution in [-0.2, 0) is 9.47 Å². The fourth-order valence-corrected chi connectivity index (χ4v) is 6.92. The first kappa shape index (κ1) is 14.5. The van der Waals surface area contributed by atoms with Crippen molar-refractivity contribution >= 4 is 0 Å². The Morgan fingerprint density at radius 2 is 1.52 bits per heavy atom. The first-order valence-corrected chi connectivity index (χ1v) is 9.43. The number of rotatable bonds is 4. The van der Waals surface area contributed by atoms with Crippen molar-refractivity contribution in [1.82, 2.24) is 0 Å². The Balaban J connectivity index is 1.50. The zero-order chi connectivity index (χ0) is 14.6. The fraction of sp³-hybridized carbons (Fsp3) is 1.00. The van der Waals surface area contributed by atoms with Crippen LogP contribution in [0, 0.1) is 41.4 Å². The van der Waals surface area contributed by atoms with Crippen molar-refractivity contribution in [3.8, 4) is 0 Å². The molecule has 21 heavy (non-hydrogen) atoms. The topological polar surface area (TPSA) is 18.5 Å². The minimum absolute atomic E-state index is 0.269. The molecule has 1 heterocycles. The van der Waals surface area contributed by atoms with Crippen molar-refractivity contribution in [1.29, 1.82) is 0 Å². The molecule has 4 fully saturated rings. The lowest BCUT2D eigenvalue weighted by molar-refractivity contribution is -0.160. The summed E-state index contributed by atoms with van der Waals surface area (Å²) in [5, 5.41) is 0. The van der Waals surface area contributed by atoms with Gasteiger partial charge in [-0.3, -0.25) is 0 Å². The largest absolute Gasteiger partial charge is 0.348 e. The van der Waals surface area contributed by atoms with E-state index in [-0.39, 0.29) is 5.79 Å². The van der Waals surface area contributed by atoms with Crippen molar-refractivity contribution in [2.75, 3.05) is 13.2 Å². The fourth-order valence-electron chi connectivity index (χ4n) is 6.92. The van der Waals surface area contributed by atoms with Gasteiger partial charge in [-0.25, -0.2) is 0 Å². The molecule has 120 valence electrons. The Bertz CT molecular complexity index is 387. The summed E-state index contributed by atoms with van der Waals surface area (Å²) >= 11 is 0. The second kappa shape index (κ2) is 5.23. The molecular formula is C19H32O2. The lowest BCUT2D eigenvalue weighted by atomic mass is 9.69. The van der Waals surface area contributed by atoms with Gasteiger partial charge in [-0.2, -0.15) is 0 Å². The third-order valence-electron chi connectivity index (χ3n) is 7.54. The predicted molar refractivity (Wildman–Crippen MR) is 83.8 cm³/mol. The monoisotopic (exact) mass is 292 g/mol. The van der Waals surface area contributed by atoms with Gasteiger partial charge >= 0.3 is 0 Å². The summed E-state index contributed by atoms with van der Waals surface area (Å²) < 4.78 is 11.8. The molecule has 0 N–H and O–H groups in total. The molecule has 7 atom stereocenters. The first-order chi connectivity index (χ1) is 10.1. The quantitative estimate of drug-likeness (QED) is 0.760. The lowest BCUT2D eigenvalue weighted by Crippen LogP contribution is -2.36. The number of hydrogen-bond acceptors (Lipinski definition) is 2. The van der Waals surface area contributed by atoms with Crippen molar-refractivity contribution in [3.63, 3.8) is 0 Å². The lowest BCUT2D eigenvalue weighted by Gasteiger charge is -2.38. The van der Waals surface area contributed by atoms with Gasteiger partial charge < -0.3 is 9.47 Å². The molecule has 0 aromatic heterocycles. The summed E-state index contributed by atoms with van der Waals surface area (Å²) in [7, 11) is 0. The van der Waals surface area contributed by atoms with E-state index in [2.05, 4.69) is 20.8 Å². The molecule has 4 rings (SSSR count). The van der Waals surface area contributed by atoms with Crippen LogP contribution < -0.4 is 0 Å². The Kier molecular flexibility index (Phi) is 3.61. The molecule has 4 aliphatic rings. The summed E-state index contributed by atoms with van der Waals surface area (Å²) in [6.45, 7) is 8.59. The van der Waals surface area contributed by atoms with Gasteiger partial charge in [-0.05, 0) is 67.6 Å². The Morgan fingerprint density at radius 3 is 2.19 bits per heavy atom. The highest BCUT2D eigenvalue weighted by Crippen LogP contribution is 2.66.